The van der Waals surface area contributed by atoms with Crippen molar-refractivity contribution in [3.05, 3.63) is 0 Å². The van der Waals surface area contributed by atoms with Crippen LogP contribution in [0.2, 0.25) is 0 Å². The Labute approximate surface area is 119 Å². The lowest BCUT2D eigenvalue weighted by Crippen LogP contribution is -2.48. The van der Waals surface area contributed by atoms with Gasteiger partial charge in [0.25, 0.3) is 0 Å². The predicted molar refractivity (Wildman–Crippen MR) is 82.5 cm³/mol. The molecule has 0 aliphatic carbocycles. The van der Waals surface area contributed by atoms with Gasteiger partial charge < -0.3 is 15.1 Å². The summed E-state index contributed by atoms with van der Waals surface area (Å²) in [6.45, 7) is 12.3. The van der Waals surface area contributed by atoms with E-state index in [2.05, 4.69) is 36.0 Å². The smallest absolute Gasteiger partial charge is 0.0117 e. The Morgan fingerprint density at radius 3 is 2.47 bits per heavy atom. The van der Waals surface area contributed by atoms with Crippen molar-refractivity contribution >= 4 is 0 Å². The predicted octanol–water partition coefficient (Wildman–Crippen LogP) is 2.04. The molecule has 1 N–H and O–H groups in total. The Morgan fingerprint density at radius 1 is 1.11 bits per heavy atom. The van der Waals surface area contributed by atoms with Gasteiger partial charge in [-0.1, -0.05) is 13.8 Å². The van der Waals surface area contributed by atoms with Gasteiger partial charge in [-0.15, -0.1) is 0 Å². The van der Waals surface area contributed by atoms with E-state index in [1.165, 1.54) is 58.4 Å². The van der Waals surface area contributed by atoms with Crippen molar-refractivity contribution in [3.8, 4) is 0 Å². The molecule has 0 aromatic heterocycles. The van der Waals surface area contributed by atoms with E-state index in [1.807, 2.05) is 0 Å². The third-order valence-electron chi connectivity index (χ3n) is 5.15. The SMILES string of the molecule is CCNC1CCN(CCC2CCN(C)CC2)CC1C. The zero-order chi connectivity index (χ0) is 13.7. The van der Waals surface area contributed by atoms with Gasteiger partial charge in [0, 0.05) is 12.6 Å². The molecule has 19 heavy (non-hydrogen) atoms. The molecule has 2 aliphatic rings. The highest BCUT2D eigenvalue weighted by molar-refractivity contribution is 4.83. The second-order valence-electron chi connectivity index (χ2n) is 6.77. The molecule has 0 spiro atoms. The zero-order valence-electron chi connectivity index (χ0n) is 13.2. The summed E-state index contributed by atoms with van der Waals surface area (Å²) >= 11 is 0. The Hall–Kier alpha value is -0.120. The lowest BCUT2D eigenvalue weighted by molar-refractivity contribution is 0.130. The first-order valence-electron chi connectivity index (χ1n) is 8.33. The maximum absolute atomic E-state index is 3.63. The van der Waals surface area contributed by atoms with Crippen LogP contribution in [0.15, 0.2) is 0 Å². The van der Waals surface area contributed by atoms with Gasteiger partial charge in [0.2, 0.25) is 0 Å². The molecule has 2 saturated heterocycles. The third-order valence-corrected chi connectivity index (χ3v) is 5.15. The molecular weight excluding hydrogens is 234 g/mol. The largest absolute Gasteiger partial charge is 0.314 e. The van der Waals surface area contributed by atoms with Crippen molar-refractivity contribution in [2.45, 2.75) is 45.6 Å². The van der Waals surface area contributed by atoms with Crippen molar-refractivity contribution < 1.29 is 0 Å². The van der Waals surface area contributed by atoms with E-state index in [0.717, 1.165) is 24.4 Å². The molecule has 112 valence electrons. The molecule has 2 heterocycles. The molecule has 2 atom stereocenters. The molecule has 2 rings (SSSR count). The van der Waals surface area contributed by atoms with Crippen LogP contribution in [-0.2, 0) is 0 Å². The summed E-state index contributed by atoms with van der Waals surface area (Å²) in [6.07, 6.45) is 5.59. The summed E-state index contributed by atoms with van der Waals surface area (Å²) in [5.74, 6) is 1.80. The average Bonchev–Trinajstić information content (AvgIpc) is 2.41. The number of nitrogens with one attached hydrogen (secondary N) is 1. The Bertz CT molecular complexity index is 248. The molecule has 0 aromatic rings. The number of likely N-dealkylation sites (tertiary alicyclic amines) is 2. The van der Waals surface area contributed by atoms with Gasteiger partial charge in [0.05, 0.1) is 0 Å². The molecule has 0 aromatic carbocycles. The van der Waals surface area contributed by atoms with Crippen molar-refractivity contribution in [2.24, 2.45) is 11.8 Å². The van der Waals surface area contributed by atoms with Crippen LogP contribution in [0.4, 0.5) is 0 Å². The topological polar surface area (TPSA) is 18.5 Å². The Morgan fingerprint density at radius 2 is 1.84 bits per heavy atom. The first kappa shape index (κ1) is 15.3. The van der Waals surface area contributed by atoms with Crippen LogP contribution in [0.1, 0.15) is 39.5 Å². The molecule has 3 heteroatoms. The van der Waals surface area contributed by atoms with E-state index in [9.17, 15) is 0 Å². The van der Waals surface area contributed by atoms with Crippen molar-refractivity contribution in [1.29, 1.82) is 0 Å². The molecule has 0 amide bonds. The minimum atomic E-state index is 0.754. The number of hydrogen-bond donors (Lipinski definition) is 1. The highest BCUT2D eigenvalue weighted by Crippen LogP contribution is 2.22. The lowest BCUT2D eigenvalue weighted by atomic mass is 9.91. The van der Waals surface area contributed by atoms with Gasteiger partial charge >= 0.3 is 0 Å². The number of rotatable bonds is 5. The zero-order valence-corrected chi connectivity index (χ0v) is 13.2. The van der Waals surface area contributed by atoms with Crippen LogP contribution in [0.3, 0.4) is 0 Å². The molecule has 0 radical (unpaired) electrons. The van der Waals surface area contributed by atoms with Crippen LogP contribution >= 0.6 is 0 Å². The quantitative estimate of drug-likeness (QED) is 0.822. The fourth-order valence-corrected chi connectivity index (χ4v) is 3.72. The maximum Gasteiger partial charge on any atom is 0.0117 e. The Kier molecular flexibility index (Phi) is 6.11. The normalized spacial score (nSPS) is 31.7. The Balaban J connectivity index is 1.64. The number of hydrogen-bond acceptors (Lipinski definition) is 3. The fourth-order valence-electron chi connectivity index (χ4n) is 3.72. The maximum atomic E-state index is 3.63. The van der Waals surface area contributed by atoms with Crippen LogP contribution in [-0.4, -0.2) is 62.2 Å². The summed E-state index contributed by atoms with van der Waals surface area (Å²) in [5.41, 5.74) is 0. The van der Waals surface area contributed by atoms with Crippen LogP contribution < -0.4 is 5.32 Å². The average molecular weight is 267 g/mol. The van der Waals surface area contributed by atoms with Crippen molar-refractivity contribution in [1.82, 2.24) is 15.1 Å². The van der Waals surface area contributed by atoms with E-state index in [-0.39, 0.29) is 0 Å². The van der Waals surface area contributed by atoms with Gasteiger partial charge in [-0.2, -0.15) is 0 Å². The standard InChI is InChI=1S/C16H33N3/c1-4-17-16-8-12-19(13-14(16)2)11-7-15-5-9-18(3)10-6-15/h14-17H,4-13H2,1-3H3. The van der Waals surface area contributed by atoms with E-state index in [1.54, 1.807) is 0 Å². The summed E-state index contributed by atoms with van der Waals surface area (Å²) < 4.78 is 0. The van der Waals surface area contributed by atoms with Gasteiger partial charge in [-0.25, -0.2) is 0 Å². The molecule has 2 aliphatic heterocycles. The number of piperidine rings is 2. The van der Waals surface area contributed by atoms with E-state index in [0.29, 0.717) is 0 Å². The second kappa shape index (κ2) is 7.61. The van der Waals surface area contributed by atoms with E-state index in [4.69, 9.17) is 0 Å². The third kappa shape index (κ3) is 4.73. The molecular formula is C16H33N3. The first-order chi connectivity index (χ1) is 9.19. The lowest BCUT2D eigenvalue weighted by Gasteiger charge is -2.38. The molecule has 3 nitrogen and oxygen atoms in total. The molecule has 0 bridgehead atoms. The van der Waals surface area contributed by atoms with Crippen LogP contribution in [0.5, 0.6) is 0 Å². The second-order valence-corrected chi connectivity index (χ2v) is 6.77. The minimum Gasteiger partial charge on any atom is -0.314 e. The van der Waals surface area contributed by atoms with Gasteiger partial charge in [0.1, 0.15) is 0 Å². The van der Waals surface area contributed by atoms with Crippen LogP contribution in [0.25, 0.3) is 0 Å². The summed E-state index contributed by atoms with van der Waals surface area (Å²) in [6, 6.07) is 0.754. The number of nitrogens with zero attached hydrogens (tertiary/aromatic N) is 2. The van der Waals surface area contributed by atoms with Gasteiger partial charge in [-0.05, 0) is 77.3 Å². The van der Waals surface area contributed by atoms with Crippen molar-refractivity contribution in [2.75, 3.05) is 46.3 Å². The fraction of sp³-hybridized carbons (Fsp3) is 1.00. The minimum absolute atomic E-state index is 0.754. The molecule has 2 unspecified atom stereocenters. The van der Waals surface area contributed by atoms with Crippen LogP contribution in [0, 0.1) is 11.8 Å². The first-order valence-corrected chi connectivity index (χ1v) is 8.33. The van der Waals surface area contributed by atoms with Gasteiger partial charge in [0.15, 0.2) is 0 Å². The summed E-state index contributed by atoms with van der Waals surface area (Å²) in [4.78, 5) is 5.18. The monoisotopic (exact) mass is 267 g/mol. The van der Waals surface area contributed by atoms with E-state index >= 15 is 0 Å². The molecule has 2 fully saturated rings. The van der Waals surface area contributed by atoms with E-state index < -0.39 is 0 Å². The van der Waals surface area contributed by atoms with Crippen molar-refractivity contribution in [3.63, 3.8) is 0 Å². The summed E-state index contributed by atoms with van der Waals surface area (Å²) in [5, 5.41) is 3.63. The highest BCUT2D eigenvalue weighted by atomic mass is 15.1. The van der Waals surface area contributed by atoms with Gasteiger partial charge in [-0.3, -0.25) is 0 Å². The summed E-state index contributed by atoms with van der Waals surface area (Å²) in [7, 11) is 2.25. The highest BCUT2D eigenvalue weighted by Gasteiger charge is 2.25. The molecule has 0 saturated carbocycles.